The van der Waals surface area contributed by atoms with Crippen LogP contribution in [0.5, 0.6) is 17.2 Å². The number of carbonyl (C=O) groups is 3. The molecule has 2 aromatic rings. The van der Waals surface area contributed by atoms with E-state index < -0.39 is 17.8 Å². The largest absolute Gasteiger partial charge is 0.505 e. The summed E-state index contributed by atoms with van der Waals surface area (Å²) in [6.07, 6.45) is 2.75. The summed E-state index contributed by atoms with van der Waals surface area (Å²) in [6, 6.07) is 9.11. The van der Waals surface area contributed by atoms with Gasteiger partial charge >= 0.3 is 11.9 Å². The molecule has 0 aliphatic carbocycles. The number of aromatic hydroxyl groups is 1. The van der Waals surface area contributed by atoms with Crippen molar-refractivity contribution in [3.63, 3.8) is 0 Å². The fourth-order valence-corrected chi connectivity index (χ4v) is 2.29. The Labute approximate surface area is 161 Å². The van der Waals surface area contributed by atoms with Gasteiger partial charge in [0.1, 0.15) is 5.56 Å². The minimum atomic E-state index is -0.718. The summed E-state index contributed by atoms with van der Waals surface area (Å²) in [7, 11) is 2.62. The van der Waals surface area contributed by atoms with Crippen LogP contribution in [0.1, 0.15) is 22.8 Å². The monoisotopic (exact) mass is 385 g/mol. The van der Waals surface area contributed by atoms with Crippen molar-refractivity contribution < 1.29 is 33.7 Å². The van der Waals surface area contributed by atoms with Crippen LogP contribution in [0.4, 0.5) is 5.69 Å². The van der Waals surface area contributed by atoms with Gasteiger partial charge < -0.3 is 24.6 Å². The number of phenols is 1. The molecule has 28 heavy (non-hydrogen) atoms. The van der Waals surface area contributed by atoms with E-state index in [1.807, 2.05) is 0 Å². The molecule has 8 nitrogen and oxygen atoms in total. The maximum absolute atomic E-state index is 12.1. The van der Waals surface area contributed by atoms with Crippen LogP contribution in [0.25, 0.3) is 6.08 Å². The zero-order chi connectivity index (χ0) is 20.7. The second-order valence-corrected chi connectivity index (χ2v) is 5.52. The standard InChI is InChI=1S/C20H19NO7/c1-12(22)28-16-9-7-13(11-17(16)26-2)8-10-18(23)21-15-6-4-5-14(19(15)24)20(25)27-3/h4-11,24H,1-3H3,(H,21,23)/b10-8+. The molecule has 0 fully saturated rings. The first-order chi connectivity index (χ1) is 13.3. The van der Waals surface area contributed by atoms with E-state index in [9.17, 15) is 19.5 Å². The number of rotatable bonds is 6. The van der Waals surface area contributed by atoms with Crippen molar-refractivity contribution in [2.45, 2.75) is 6.92 Å². The molecule has 8 heteroatoms. The SMILES string of the molecule is COC(=O)c1cccc(NC(=O)/C=C/c2ccc(OC(C)=O)c(OC)c2)c1O. The Bertz CT molecular complexity index is 934. The number of amides is 1. The molecule has 2 aromatic carbocycles. The van der Waals surface area contributed by atoms with Gasteiger partial charge in [0.05, 0.1) is 19.9 Å². The molecule has 146 valence electrons. The van der Waals surface area contributed by atoms with Gasteiger partial charge in [-0.1, -0.05) is 12.1 Å². The number of hydrogen-bond acceptors (Lipinski definition) is 7. The van der Waals surface area contributed by atoms with Crippen LogP contribution in [-0.2, 0) is 14.3 Å². The Morgan fingerprint density at radius 3 is 2.46 bits per heavy atom. The van der Waals surface area contributed by atoms with Crippen LogP contribution in [-0.4, -0.2) is 37.2 Å². The van der Waals surface area contributed by atoms with E-state index in [1.165, 1.54) is 51.5 Å². The summed E-state index contributed by atoms with van der Waals surface area (Å²) < 4.78 is 14.7. The number of carbonyl (C=O) groups excluding carboxylic acids is 3. The molecule has 0 aromatic heterocycles. The molecule has 0 aliphatic rings. The van der Waals surface area contributed by atoms with Gasteiger partial charge in [0, 0.05) is 13.0 Å². The van der Waals surface area contributed by atoms with E-state index in [1.54, 1.807) is 18.2 Å². The Hall–Kier alpha value is -3.81. The van der Waals surface area contributed by atoms with Crippen molar-refractivity contribution in [1.29, 1.82) is 0 Å². The molecular weight excluding hydrogens is 366 g/mol. The lowest BCUT2D eigenvalue weighted by molar-refractivity contribution is -0.132. The molecule has 2 rings (SSSR count). The van der Waals surface area contributed by atoms with E-state index in [2.05, 4.69) is 10.1 Å². The summed E-state index contributed by atoms with van der Waals surface area (Å²) in [5.74, 6) is -1.51. The second kappa shape index (κ2) is 9.22. The van der Waals surface area contributed by atoms with Gasteiger partial charge in [-0.2, -0.15) is 0 Å². The third-order valence-electron chi connectivity index (χ3n) is 3.57. The smallest absolute Gasteiger partial charge is 0.341 e. The van der Waals surface area contributed by atoms with E-state index >= 15 is 0 Å². The van der Waals surface area contributed by atoms with E-state index in [0.29, 0.717) is 11.3 Å². The quantitative estimate of drug-likeness (QED) is 0.340. The third-order valence-corrected chi connectivity index (χ3v) is 3.57. The average molecular weight is 385 g/mol. The van der Waals surface area contributed by atoms with Gasteiger partial charge in [0.2, 0.25) is 5.91 Å². The van der Waals surface area contributed by atoms with Crippen molar-refractivity contribution >= 4 is 29.6 Å². The maximum Gasteiger partial charge on any atom is 0.341 e. The number of benzene rings is 2. The van der Waals surface area contributed by atoms with Crippen molar-refractivity contribution in [3.8, 4) is 17.2 Å². The number of ether oxygens (including phenoxy) is 3. The highest BCUT2D eigenvalue weighted by molar-refractivity contribution is 6.04. The van der Waals surface area contributed by atoms with Crippen LogP contribution in [0, 0.1) is 0 Å². The number of anilines is 1. The third kappa shape index (κ3) is 5.10. The predicted molar refractivity (Wildman–Crippen MR) is 101 cm³/mol. The Kier molecular flexibility index (Phi) is 6.75. The highest BCUT2D eigenvalue weighted by Crippen LogP contribution is 2.29. The summed E-state index contributed by atoms with van der Waals surface area (Å²) in [4.78, 5) is 34.8. The highest BCUT2D eigenvalue weighted by atomic mass is 16.6. The molecule has 0 spiro atoms. The molecule has 0 saturated carbocycles. The average Bonchev–Trinajstić information content (AvgIpc) is 2.67. The summed E-state index contributed by atoms with van der Waals surface area (Å²) in [6.45, 7) is 1.28. The minimum absolute atomic E-state index is 0.0601. The van der Waals surface area contributed by atoms with Crippen molar-refractivity contribution in [2.24, 2.45) is 0 Å². The lowest BCUT2D eigenvalue weighted by Crippen LogP contribution is -2.10. The number of para-hydroxylation sites is 1. The highest BCUT2D eigenvalue weighted by Gasteiger charge is 2.15. The zero-order valence-corrected chi connectivity index (χ0v) is 15.5. The normalized spacial score (nSPS) is 10.4. The lowest BCUT2D eigenvalue weighted by atomic mass is 10.1. The molecular formula is C20H19NO7. The number of methoxy groups -OCH3 is 2. The number of nitrogens with one attached hydrogen (secondary N) is 1. The van der Waals surface area contributed by atoms with Crippen LogP contribution in [0.15, 0.2) is 42.5 Å². The van der Waals surface area contributed by atoms with Gasteiger partial charge in [-0.3, -0.25) is 9.59 Å². The minimum Gasteiger partial charge on any atom is -0.505 e. The summed E-state index contributed by atoms with van der Waals surface area (Å²) >= 11 is 0. The molecule has 0 unspecified atom stereocenters. The molecule has 0 saturated heterocycles. The number of phenolic OH excluding ortho intramolecular Hbond substituents is 1. The van der Waals surface area contributed by atoms with E-state index in [4.69, 9.17) is 9.47 Å². The first kappa shape index (κ1) is 20.5. The molecule has 2 N–H and O–H groups in total. The van der Waals surface area contributed by atoms with E-state index in [-0.39, 0.29) is 22.7 Å². The second-order valence-electron chi connectivity index (χ2n) is 5.52. The molecule has 0 atom stereocenters. The zero-order valence-electron chi connectivity index (χ0n) is 15.5. The lowest BCUT2D eigenvalue weighted by Gasteiger charge is -2.09. The summed E-state index contributed by atoms with van der Waals surface area (Å²) in [5, 5.41) is 12.6. The van der Waals surface area contributed by atoms with Crippen LogP contribution >= 0.6 is 0 Å². The Balaban J connectivity index is 2.14. The van der Waals surface area contributed by atoms with Crippen LogP contribution in [0.2, 0.25) is 0 Å². The maximum atomic E-state index is 12.1. The first-order valence-corrected chi connectivity index (χ1v) is 8.11. The van der Waals surface area contributed by atoms with E-state index in [0.717, 1.165) is 0 Å². The first-order valence-electron chi connectivity index (χ1n) is 8.11. The summed E-state index contributed by atoms with van der Waals surface area (Å²) in [5.41, 5.74) is 0.630. The molecule has 1 amide bonds. The molecule has 0 heterocycles. The topological polar surface area (TPSA) is 111 Å². The van der Waals surface area contributed by atoms with Gasteiger partial charge in [-0.25, -0.2) is 4.79 Å². The van der Waals surface area contributed by atoms with Crippen molar-refractivity contribution in [3.05, 3.63) is 53.6 Å². The number of esters is 2. The number of hydrogen-bond donors (Lipinski definition) is 2. The molecule has 0 bridgehead atoms. The fourth-order valence-electron chi connectivity index (χ4n) is 2.29. The Morgan fingerprint density at radius 2 is 1.82 bits per heavy atom. The van der Waals surface area contributed by atoms with Gasteiger partial charge in [-0.05, 0) is 35.9 Å². The van der Waals surface area contributed by atoms with Crippen LogP contribution in [0.3, 0.4) is 0 Å². The fraction of sp³-hybridized carbons (Fsp3) is 0.150. The van der Waals surface area contributed by atoms with Gasteiger partial charge in [-0.15, -0.1) is 0 Å². The van der Waals surface area contributed by atoms with Crippen LogP contribution < -0.4 is 14.8 Å². The van der Waals surface area contributed by atoms with Gasteiger partial charge in [0.15, 0.2) is 17.2 Å². The molecule has 0 aliphatic heterocycles. The van der Waals surface area contributed by atoms with Crippen molar-refractivity contribution in [1.82, 2.24) is 0 Å². The van der Waals surface area contributed by atoms with Crippen molar-refractivity contribution in [2.75, 3.05) is 19.5 Å². The van der Waals surface area contributed by atoms with Gasteiger partial charge in [0.25, 0.3) is 0 Å². The Morgan fingerprint density at radius 1 is 1.07 bits per heavy atom. The predicted octanol–water partition coefficient (Wildman–Crippen LogP) is 2.76. The molecule has 0 radical (unpaired) electrons.